The molecule has 0 bridgehead atoms. The molecule has 0 amide bonds. The van der Waals surface area contributed by atoms with Crippen LogP contribution in [0.15, 0.2) is 24.3 Å². The average molecular weight is 263 g/mol. The molecule has 0 radical (unpaired) electrons. The highest BCUT2D eigenvalue weighted by Gasteiger charge is 2.10. The second-order valence-electron chi connectivity index (χ2n) is 6.60. The van der Waals surface area contributed by atoms with Gasteiger partial charge < -0.3 is 10.1 Å². The Labute approximate surface area is 118 Å². The van der Waals surface area contributed by atoms with E-state index in [0.717, 1.165) is 31.2 Å². The van der Waals surface area contributed by atoms with Crippen LogP contribution in [-0.2, 0) is 6.54 Å². The first-order chi connectivity index (χ1) is 8.88. The van der Waals surface area contributed by atoms with Crippen LogP contribution in [0.5, 0.6) is 5.75 Å². The highest BCUT2D eigenvalue weighted by Crippen LogP contribution is 2.19. The maximum atomic E-state index is 5.91. The molecule has 0 aliphatic heterocycles. The van der Waals surface area contributed by atoms with E-state index in [2.05, 4.69) is 58.1 Å². The van der Waals surface area contributed by atoms with E-state index in [4.69, 9.17) is 4.74 Å². The second kappa shape index (κ2) is 7.54. The molecule has 0 atom stereocenters. The molecule has 0 heterocycles. The first kappa shape index (κ1) is 16.0. The smallest absolute Gasteiger partial charge is 0.123 e. The van der Waals surface area contributed by atoms with Crippen LogP contribution in [0.4, 0.5) is 0 Å². The maximum absolute atomic E-state index is 5.91. The van der Waals surface area contributed by atoms with Crippen LogP contribution in [-0.4, -0.2) is 12.1 Å². The standard InChI is InChI=1S/C17H29NO/c1-14(2)9-8-12-19-16-11-7-6-10-15(16)13-18-17(3,4)5/h6-7,10-11,14,18H,8-9,12-13H2,1-5H3. The van der Waals surface area contributed by atoms with Crippen molar-refractivity contribution in [2.45, 2.75) is 59.5 Å². The molecule has 0 aliphatic carbocycles. The minimum atomic E-state index is 0.130. The van der Waals surface area contributed by atoms with Gasteiger partial charge in [-0.1, -0.05) is 32.0 Å². The number of ether oxygens (including phenoxy) is 1. The molecule has 1 aromatic carbocycles. The third-order valence-electron chi connectivity index (χ3n) is 2.97. The molecule has 0 saturated heterocycles. The van der Waals surface area contributed by atoms with Crippen LogP contribution >= 0.6 is 0 Å². The minimum absolute atomic E-state index is 0.130. The predicted octanol–water partition coefficient (Wildman–Crippen LogP) is 4.39. The second-order valence-corrected chi connectivity index (χ2v) is 6.60. The van der Waals surface area contributed by atoms with E-state index < -0.39 is 0 Å². The van der Waals surface area contributed by atoms with Gasteiger partial charge in [-0.2, -0.15) is 0 Å². The zero-order valence-electron chi connectivity index (χ0n) is 13.1. The van der Waals surface area contributed by atoms with E-state index >= 15 is 0 Å². The lowest BCUT2D eigenvalue weighted by molar-refractivity contribution is 0.293. The molecule has 2 heteroatoms. The average Bonchev–Trinajstić information content (AvgIpc) is 2.32. The third kappa shape index (κ3) is 7.22. The van der Waals surface area contributed by atoms with Crippen LogP contribution in [0.3, 0.4) is 0 Å². The largest absolute Gasteiger partial charge is 0.493 e. The number of nitrogens with one attached hydrogen (secondary N) is 1. The van der Waals surface area contributed by atoms with Crippen LogP contribution in [0.2, 0.25) is 0 Å². The van der Waals surface area contributed by atoms with E-state index in [0.29, 0.717) is 0 Å². The summed E-state index contributed by atoms with van der Waals surface area (Å²) in [6.07, 6.45) is 2.35. The van der Waals surface area contributed by atoms with Gasteiger partial charge >= 0.3 is 0 Å². The monoisotopic (exact) mass is 263 g/mol. The Balaban J connectivity index is 2.48. The Morgan fingerprint density at radius 2 is 1.84 bits per heavy atom. The fraction of sp³-hybridized carbons (Fsp3) is 0.647. The van der Waals surface area contributed by atoms with Gasteiger partial charge in [0.1, 0.15) is 5.75 Å². The van der Waals surface area contributed by atoms with Gasteiger partial charge in [-0.15, -0.1) is 0 Å². The van der Waals surface area contributed by atoms with Gasteiger partial charge in [-0.05, 0) is 45.6 Å². The summed E-state index contributed by atoms with van der Waals surface area (Å²) in [6, 6.07) is 8.31. The van der Waals surface area contributed by atoms with Crippen molar-refractivity contribution in [2.24, 2.45) is 5.92 Å². The highest BCUT2D eigenvalue weighted by atomic mass is 16.5. The van der Waals surface area contributed by atoms with Crippen molar-refractivity contribution in [3.05, 3.63) is 29.8 Å². The molecule has 0 aromatic heterocycles. The molecule has 19 heavy (non-hydrogen) atoms. The van der Waals surface area contributed by atoms with Gasteiger partial charge in [0.05, 0.1) is 6.61 Å². The summed E-state index contributed by atoms with van der Waals surface area (Å²) in [6.45, 7) is 12.7. The van der Waals surface area contributed by atoms with Crippen molar-refractivity contribution in [1.82, 2.24) is 5.32 Å². The molecule has 2 nitrogen and oxygen atoms in total. The summed E-state index contributed by atoms with van der Waals surface area (Å²) in [5.74, 6) is 1.77. The normalized spacial score (nSPS) is 11.9. The number of benzene rings is 1. The molecule has 0 spiro atoms. The molecule has 1 aromatic rings. The molecular weight excluding hydrogens is 234 g/mol. The first-order valence-electron chi connectivity index (χ1n) is 7.34. The Hall–Kier alpha value is -1.02. The maximum Gasteiger partial charge on any atom is 0.123 e. The molecule has 1 rings (SSSR count). The van der Waals surface area contributed by atoms with Gasteiger partial charge in [0.25, 0.3) is 0 Å². The van der Waals surface area contributed by atoms with Gasteiger partial charge in [0, 0.05) is 17.6 Å². The van der Waals surface area contributed by atoms with E-state index in [1.54, 1.807) is 0 Å². The first-order valence-corrected chi connectivity index (χ1v) is 7.34. The minimum Gasteiger partial charge on any atom is -0.493 e. The summed E-state index contributed by atoms with van der Waals surface area (Å²) >= 11 is 0. The van der Waals surface area contributed by atoms with Gasteiger partial charge in [0.15, 0.2) is 0 Å². The lowest BCUT2D eigenvalue weighted by Gasteiger charge is -2.21. The van der Waals surface area contributed by atoms with Gasteiger partial charge in [-0.3, -0.25) is 0 Å². The molecule has 0 fully saturated rings. The van der Waals surface area contributed by atoms with Crippen molar-refractivity contribution < 1.29 is 4.74 Å². The van der Waals surface area contributed by atoms with Crippen LogP contribution in [0.25, 0.3) is 0 Å². The number of rotatable bonds is 7. The van der Waals surface area contributed by atoms with Crippen molar-refractivity contribution in [1.29, 1.82) is 0 Å². The predicted molar refractivity (Wildman–Crippen MR) is 82.6 cm³/mol. The Morgan fingerprint density at radius 3 is 2.47 bits per heavy atom. The quantitative estimate of drug-likeness (QED) is 0.737. The summed E-state index contributed by atoms with van der Waals surface area (Å²) in [7, 11) is 0. The molecule has 0 unspecified atom stereocenters. The van der Waals surface area contributed by atoms with Crippen LogP contribution < -0.4 is 10.1 Å². The molecular formula is C17H29NO. The number of para-hydroxylation sites is 1. The summed E-state index contributed by atoms with van der Waals surface area (Å²) in [4.78, 5) is 0. The Bertz CT molecular complexity index is 366. The summed E-state index contributed by atoms with van der Waals surface area (Å²) in [5, 5.41) is 3.51. The Kier molecular flexibility index (Phi) is 6.36. The summed E-state index contributed by atoms with van der Waals surface area (Å²) in [5.41, 5.74) is 1.37. The van der Waals surface area contributed by atoms with Crippen LogP contribution in [0.1, 0.15) is 53.0 Å². The Morgan fingerprint density at radius 1 is 1.16 bits per heavy atom. The van der Waals surface area contributed by atoms with Crippen LogP contribution in [0, 0.1) is 5.92 Å². The third-order valence-corrected chi connectivity index (χ3v) is 2.97. The zero-order chi connectivity index (χ0) is 14.3. The number of hydrogen-bond donors (Lipinski definition) is 1. The molecule has 108 valence electrons. The highest BCUT2D eigenvalue weighted by molar-refractivity contribution is 5.33. The van der Waals surface area contributed by atoms with Crippen molar-refractivity contribution in [3.8, 4) is 5.75 Å². The van der Waals surface area contributed by atoms with Gasteiger partial charge in [0.2, 0.25) is 0 Å². The molecule has 1 N–H and O–H groups in total. The topological polar surface area (TPSA) is 21.3 Å². The van der Waals surface area contributed by atoms with E-state index in [9.17, 15) is 0 Å². The zero-order valence-corrected chi connectivity index (χ0v) is 13.1. The van der Waals surface area contributed by atoms with Crippen molar-refractivity contribution in [3.63, 3.8) is 0 Å². The molecule has 0 aliphatic rings. The fourth-order valence-corrected chi connectivity index (χ4v) is 1.82. The lowest BCUT2D eigenvalue weighted by atomic mass is 10.1. The van der Waals surface area contributed by atoms with Crippen molar-refractivity contribution >= 4 is 0 Å². The van der Waals surface area contributed by atoms with E-state index in [1.165, 1.54) is 12.0 Å². The number of hydrogen-bond acceptors (Lipinski definition) is 2. The summed E-state index contributed by atoms with van der Waals surface area (Å²) < 4.78 is 5.91. The fourth-order valence-electron chi connectivity index (χ4n) is 1.82. The van der Waals surface area contributed by atoms with E-state index in [1.807, 2.05) is 6.07 Å². The van der Waals surface area contributed by atoms with Crippen molar-refractivity contribution in [2.75, 3.05) is 6.61 Å². The van der Waals surface area contributed by atoms with E-state index in [-0.39, 0.29) is 5.54 Å². The molecule has 0 saturated carbocycles. The SMILES string of the molecule is CC(C)CCCOc1ccccc1CNC(C)(C)C. The van der Waals surface area contributed by atoms with Gasteiger partial charge in [-0.25, -0.2) is 0 Å². The lowest BCUT2D eigenvalue weighted by Crippen LogP contribution is -2.35.